The summed E-state index contributed by atoms with van der Waals surface area (Å²) in [6.45, 7) is 0. The molecule has 2 N–H and O–H groups in total. The Morgan fingerprint density at radius 2 is 1.63 bits per heavy atom. The molecule has 0 saturated heterocycles. The van der Waals surface area contributed by atoms with E-state index in [0.717, 1.165) is 6.07 Å². The molecule has 0 fully saturated rings. The fraction of sp³-hybridized carbons (Fsp3) is 0.154. The Morgan fingerprint density at radius 3 is 2.21 bits per heavy atom. The Balaban J connectivity index is 0.000000861. The van der Waals surface area contributed by atoms with Gasteiger partial charge in [-0.2, -0.15) is 13.2 Å². The highest BCUT2D eigenvalue weighted by Crippen LogP contribution is 2.37. The van der Waals surface area contributed by atoms with Crippen molar-refractivity contribution in [3.63, 3.8) is 0 Å². The number of pyridine rings is 1. The van der Waals surface area contributed by atoms with Crippen molar-refractivity contribution in [3.8, 4) is 11.6 Å². The number of para-hydroxylation sites is 1. The van der Waals surface area contributed by atoms with Gasteiger partial charge in [0.1, 0.15) is 5.75 Å². The summed E-state index contributed by atoms with van der Waals surface area (Å²) in [7, 11) is 1.50. The zero-order valence-corrected chi connectivity index (χ0v) is 10.2. The van der Waals surface area contributed by atoms with Crippen LogP contribution in [0.1, 0.15) is 5.56 Å². The number of halogens is 3. The third-order valence-electron chi connectivity index (χ3n) is 2.04. The lowest BCUT2D eigenvalue weighted by Crippen LogP contribution is -2.06. The van der Waals surface area contributed by atoms with E-state index in [1.165, 1.54) is 37.5 Å². The molecule has 19 heavy (non-hydrogen) atoms. The molecule has 2 aromatic rings. The number of benzene rings is 1. The number of rotatable bonds is 2. The molecule has 0 atom stereocenters. The van der Waals surface area contributed by atoms with Gasteiger partial charge in [0.05, 0.1) is 5.56 Å². The summed E-state index contributed by atoms with van der Waals surface area (Å²) in [4.78, 5) is 3.81. The van der Waals surface area contributed by atoms with Crippen molar-refractivity contribution in [2.45, 2.75) is 6.18 Å². The molecule has 0 aliphatic rings. The van der Waals surface area contributed by atoms with E-state index < -0.39 is 11.7 Å². The molecule has 0 amide bonds. The monoisotopic (exact) mass is 270 g/mol. The van der Waals surface area contributed by atoms with Crippen molar-refractivity contribution in [1.82, 2.24) is 4.98 Å². The first-order valence-electron chi connectivity index (χ1n) is 5.40. The summed E-state index contributed by atoms with van der Waals surface area (Å²) in [5.41, 5.74) is 3.69. The number of nitrogens with two attached hydrogens (primary N) is 1. The fourth-order valence-corrected chi connectivity index (χ4v) is 1.31. The summed E-state index contributed by atoms with van der Waals surface area (Å²) in [5.74, 6) is -0.122. The molecule has 0 saturated carbocycles. The summed E-state index contributed by atoms with van der Waals surface area (Å²) in [6.07, 6.45) is -2.99. The van der Waals surface area contributed by atoms with Gasteiger partial charge >= 0.3 is 6.18 Å². The molecule has 3 nitrogen and oxygen atoms in total. The van der Waals surface area contributed by atoms with Crippen molar-refractivity contribution in [1.29, 1.82) is 0 Å². The average Bonchev–Trinajstić information content (AvgIpc) is 2.42. The molecule has 102 valence electrons. The van der Waals surface area contributed by atoms with Gasteiger partial charge < -0.3 is 10.5 Å². The quantitative estimate of drug-likeness (QED) is 0.909. The van der Waals surface area contributed by atoms with Gasteiger partial charge in [-0.05, 0) is 25.2 Å². The van der Waals surface area contributed by atoms with E-state index in [4.69, 9.17) is 4.74 Å². The molecule has 2 rings (SSSR count). The SMILES string of the molecule is CN.FC(F)(F)c1ccccc1Oc1ccccn1. The van der Waals surface area contributed by atoms with E-state index in [2.05, 4.69) is 10.7 Å². The Bertz CT molecular complexity index is 501. The molecular weight excluding hydrogens is 257 g/mol. The highest BCUT2D eigenvalue weighted by molar-refractivity contribution is 5.37. The van der Waals surface area contributed by atoms with Crippen LogP contribution in [0.4, 0.5) is 13.2 Å². The first-order valence-corrected chi connectivity index (χ1v) is 5.40. The second kappa shape index (κ2) is 6.75. The van der Waals surface area contributed by atoms with Crippen LogP contribution in [0.5, 0.6) is 11.6 Å². The van der Waals surface area contributed by atoms with Crippen molar-refractivity contribution in [3.05, 3.63) is 54.2 Å². The zero-order valence-electron chi connectivity index (χ0n) is 10.2. The van der Waals surface area contributed by atoms with Crippen LogP contribution >= 0.6 is 0 Å². The van der Waals surface area contributed by atoms with Gasteiger partial charge in [0.15, 0.2) is 0 Å². The molecular formula is C13H13F3N2O. The third kappa shape index (κ3) is 4.26. The van der Waals surface area contributed by atoms with E-state index in [9.17, 15) is 13.2 Å². The van der Waals surface area contributed by atoms with Crippen LogP contribution in [-0.4, -0.2) is 12.0 Å². The van der Waals surface area contributed by atoms with Gasteiger partial charge in [0.25, 0.3) is 0 Å². The first-order chi connectivity index (χ1) is 9.07. The summed E-state index contributed by atoms with van der Waals surface area (Å²) in [5, 5.41) is 0. The predicted octanol–water partition coefficient (Wildman–Crippen LogP) is 3.47. The normalized spacial score (nSPS) is 10.4. The van der Waals surface area contributed by atoms with Crippen molar-refractivity contribution >= 4 is 0 Å². The van der Waals surface area contributed by atoms with Crippen molar-refractivity contribution < 1.29 is 17.9 Å². The molecule has 6 heteroatoms. The maximum atomic E-state index is 12.7. The molecule has 0 aliphatic carbocycles. The minimum Gasteiger partial charge on any atom is -0.438 e. The van der Waals surface area contributed by atoms with Crippen molar-refractivity contribution in [2.75, 3.05) is 7.05 Å². The number of nitrogens with zero attached hydrogens (tertiary/aromatic N) is 1. The number of aromatic nitrogens is 1. The van der Waals surface area contributed by atoms with Gasteiger partial charge in [-0.1, -0.05) is 18.2 Å². The maximum Gasteiger partial charge on any atom is 0.419 e. The van der Waals surface area contributed by atoms with Crippen LogP contribution < -0.4 is 10.5 Å². The molecule has 0 aliphatic heterocycles. The minimum absolute atomic E-state index is 0.129. The lowest BCUT2D eigenvalue weighted by atomic mass is 10.2. The highest BCUT2D eigenvalue weighted by atomic mass is 19.4. The molecule has 0 radical (unpaired) electrons. The second-order valence-electron chi connectivity index (χ2n) is 3.26. The Kier molecular flexibility index (Phi) is 5.32. The van der Waals surface area contributed by atoms with Gasteiger partial charge in [-0.15, -0.1) is 0 Å². The Morgan fingerprint density at radius 1 is 1.00 bits per heavy atom. The van der Waals surface area contributed by atoms with E-state index in [1.54, 1.807) is 12.1 Å². The van der Waals surface area contributed by atoms with E-state index in [0.29, 0.717) is 0 Å². The standard InChI is InChI=1S/C12H8F3NO.CH5N/c13-12(14,15)9-5-1-2-6-10(9)17-11-7-3-4-8-16-11;1-2/h1-8H;2H2,1H3. The first kappa shape index (κ1) is 15.0. The van der Waals surface area contributed by atoms with Gasteiger partial charge in [0, 0.05) is 12.3 Å². The average molecular weight is 270 g/mol. The summed E-state index contributed by atoms with van der Waals surface area (Å²) < 4.78 is 43.1. The minimum atomic E-state index is -4.44. The van der Waals surface area contributed by atoms with Crippen LogP contribution in [0.15, 0.2) is 48.7 Å². The Labute approximate surface area is 108 Å². The molecule has 1 aromatic heterocycles. The van der Waals surface area contributed by atoms with E-state index in [-0.39, 0.29) is 11.6 Å². The van der Waals surface area contributed by atoms with E-state index >= 15 is 0 Å². The number of alkyl halides is 3. The predicted molar refractivity (Wildman–Crippen MR) is 65.9 cm³/mol. The number of hydrogen-bond donors (Lipinski definition) is 1. The summed E-state index contributed by atoms with van der Waals surface area (Å²) in [6, 6.07) is 9.81. The lowest BCUT2D eigenvalue weighted by Gasteiger charge is -2.12. The van der Waals surface area contributed by atoms with Gasteiger partial charge in [-0.3, -0.25) is 0 Å². The highest BCUT2D eigenvalue weighted by Gasteiger charge is 2.34. The van der Waals surface area contributed by atoms with Crippen LogP contribution in [0.25, 0.3) is 0 Å². The van der Waals surface area contributed by atoms with Crippen molar-refractivity contribution in [2.24, 2.45) is 5.73 Å². The van der Waals surface area contributed by atoms with Gasteiger partial charge in [-0.25, -0.2) is 4.98 Å². The molecule has 0 bridgehead atoms. The Hall–Kier alpha value is -2.08. The number of hydrogen-bond acceptors (Lipinski definition) is 3. The van der Waals surface area contributed by atoms with Gasteiger partial charge in [0.2, 0.25) is 5.88 Å². The fourth-order valence-electron chi connectivity index (χ4n) is 1.31. The largest absolute Gasteiger partial charge is 0.438 e. The molecule has 1 heterocycles. The lowest BCUT2D eigenvalue weighted by molar-refractivity contribution is -0.138. The number of ether oxygens (including phenoxy) is 1. The third-order valence-corrected chi connectivity index (χ3v) is 2.04. The van der Waals surface area contributed by atoms with Crippen LogP contribution in [0, 0.1) is 0 Å². The molecule has 1 aromatic carbocycles. The summed E-state index contributed by atoms with van der Waals surface area (Å²) >= 11 is 0. The maximum absolute atomic E-state index is 12.7. The molecule has 0 spiro atoms. The topological polar surface area (TPSA) is 48.1 Å². The molecule has 0 unspecified atom stereocenters. The smallest absolute Gasteiger partial charge is 0.419 e. The second-order valence-corrected chi connectivity index (χ2v) is 3.26. The van der Waals surface area contributed by atoms with E-state index in [1.807, 2.05) is 0 Å². The van der Waals surface area contributed by atoms with Crippen LogP contribution in [0.2, 0.25) is 0 Å². The van der Waals surface area contributed by atoms with Crippen LogP contribution in [0.3, 0.4) is 0 Å². The van der Waals surface area contributed by atoms with Crippen LogP contribution in [-0.2, 0) is 6.18 Å². The zero-order chi connectivity index (χ0) is 14.3.